The van der Waals surface area contributed by atoms with E-state index in [2.05, 4.69) is 11.4 Å². The molecule has 0 bridgehead atoms. The Morgan fingerprint density at radius 1 is 0.929 bits per heavy atom. The molecule has 0 aliphatic carbocycles. The van der Waals surface area contributed by atoms with Gasteiger partial charge in [0.05, 0.1) is 22.8 Å². The van der Waals surface area contributed by atoms with Crippen LogP contribution in [0.25, 0.3) is 11.1 Å². The van der Waals surface area contributed by atoms with Crippen molar-refractivity contribution >= 4 is 28.2 Å². The fourth-order valence-corrected chi connectivity index (χ4v) is 3.33. The number of amides is 1. The third kappa shape index (κ3) is 4.07. The zero-order valence-electron chi connectivity index (χ0n) is 14.5. The van der Waals surface area contributed by atoms with Gasteiger partial charge < -0.3 is 10.1 Å². The van der Waals surface area contributed by atoms with E-state index in [-0.39, 0.29) is 5.56 Å². The SMILES string of the molecule is N#Cc1ccccc1-c1ccccc1C(=O)OCC(=O)Nc1sccc1C#N. The first-order chi connectivity index (χ1) is 13.6. The summed E-state index contributed by atoms with van der Waals surface area (Å²) in [6.45, 7) is -0.490. The Kier molecular flexibility index (Phi) is 5.81. The van der Waals surface area contributed by atoms with E-state index in [1.54, 1.807) is 60.0 Å². The van der Waals surface area contributed by atoms with E-state index in [0.29, 0.717) is 27.3 Å². The second-order valence-corrected chi connectivity index (χ2v) is 6.52. The first-order valence-electron chi connectivity index (χ1n) is 8.17. The van der Waals surface area contributed by atoms with Crippen molar-refractivity contribution in [3.05, 3.63) is 76.7 Å². The first-order valence-corrected chi connectivity index (χ1v) is 9.05. The summed E-state index contributed by atoms with van der Waals surface area (Å²) in [5, 5.41) is 22.9. The Morgan fingerprint density at radius 2 is 1.61 bits per heavy atom. The number of nitriles is 2. The summed E-state index contributed by atoms with van der Waals surface area (Å²) < 4.78 is 5.14. The van der Waals surface area contributed by atoms with Crippen molar-refractivity contribution in [3.63, 3.8) is 0 Å². The van der Waals surface area contributed by atoms with Crippen LogP contribution in [0.4, 0.5) is 5.00 Å². The summed E-state index contributed by atoms with van der Waals surface area (Å²) >= 11 is 1.21. The highest BCUT2D eigenvalue weighted by molar-refractivity contribution is 7.14. The van der Waals surface area contributed by atoms with Gasteiger partial charge in [0, 0.05) is 5.56 Å². The van der Waals surface area contributed by atoms with Gasteiger partial charge in [0.1, 0.15) is 11.1 Å². The Labute approximate surface area is 165 Å². The highest BCUT2D eigenvalue weighted by Gasteiger charge is 2.17. The van der Waals surface area contributed by atoms with Gasteiger partial charge >= 0.3 is 5.97 Å². The fraction of sp³-hybridized carbons (Fsp3) is 0.0476. The Balaban J connectivity index is 1.75. The fourth-order valence-electron chi connectivity index (χ4n) is 2.58. The van der Waals surface area contributed by atoms with Crippen LogP contribution in [0.15, 0.2) is 60.0 Å². The summed E-state index contributed by atoms with van der Waals surface area (Å²) in [6.07, 6.45) is 0. The van der Waals surface area contributed by atoms with E-state index in [9.17, 15) is 14.9 Å². The average molecular weight is 387 g/mol. The molecule has 0 aliphatic heterocycles. The predicted molar refractivity (Wildman–Crippen MR) is 105 cm³/mol. The summed E-state index contributed by atoms with van der Waals surface area (Å²) in [5.41, 5.74) is 2.20. The Bertz CT molecular complexity index is 1120. The Hall–Kier alpha value is -3.94. The van der Waals surface area contributed by atoms with Gasteiger partial charge in [0.25, 0.3) is 5.91 Å². The molecule has 3 rings (SSSR count). The van der Waals surface area contributed by atoms with Gasteiger partial charge in [-0.05, 0) is 29.1 Å². The molecule has 6 nitrogen and oxygen atoms in total. The van der Waals surface area contributed by atoms with Crippen molar-refractivity contribution in [2.45, 2.75) is 0 Å². The van der Waals surface area contributed by atoms with Crippen molar-refractivity contribution < 1.29 is 14.3 Å². The monoisotopic (exact) mass is 387 g/mol. The van der Waals surface area contributed by atoms with Gasteiger partial charge in [-0.3, -0.25) is 4.79 Å². The molecule has 2 aromatic carbocycles. The molecule has 7 heteroatoms. The minimum atomic E-state index is -0.676. The molecule has 1 N–H and O–H groups in total. The Morgan fingerprint density at radius 3 is 2.36 bits per heavy atom. The van der Waals surface area contributed by atoms with Gasteiger partial charge in [-0.2, -0.15) is 10.5 Å². The third-order valence-corrected chi connectivity index (χ3v) is 4.69. The van der Waals surface area contributed by atoms with Crippen molar-refractivity contribution in [1.29, 1.82) is 10.5 Å². The number of carbonyl (C=O) groups excluding carboxylic acids is 2. The number of carbonyl (C=O) groups is 2. The molecule has 0 saturated heterocycles. The van der Waals surface area contributed by atoms with Gasteiger partial charge in [-0.1, -0.05) is 36.4 Å². The lowest BCUT2D eigenvalue weighted by molar-refractivity contribution is -0.119. The van der Waals surface area contributed by atoms with Gasteiger partial charge in [0.2, 0.25) is 0 Å². The molecule has 136 valence electrons. The highest BCUT2D eigenvalue weighted by atomic mass is 32.1. The molecule has 0 radical (unpaired) electrons. The van der Waals surface area contributed by atoms with Crippen LogP contribution in [0.1, 0.15) is 21.5 Å². The number of esters is 1. The number of rotatable bonds is 5. The molecular weight excluding hydrogens is 374 g/mol. The number of benzene rings is 2. The lowest BCUT2D eigenvalue weighted by Crippen LogP contribution is -2.21. The molecule has 0 atom stereocenters. The maximum atomic E-state index is 12.5. The molecule has 3 aromatic rings. The van der Waals surface area contributed by atoms with Crippen LogP contribution in [0.5, 0.6) is 0 Å². The molecule has 0 unspecified atom stereocenters. The van der Waals surface area contributed by atoms with Crippen molar-refractivity contribution in [3.8, 4) is 23.3 Å². The quantitative estimate of drug-likeness (QED) is 0.668. The number of hydrogen-bond acceptors (Lipinski definition) is 6. The minimum Gasteiger partial charge on any atom is -0.452 e. The standard InChI is InChI=1S/C21H13N3O3S/c22-11-14-5-1-2-6-16(14)17-7-3-4-8-18(17)21(26)27-13-19(25)24-20-15(12-23)9-10-28-20/h1-10H,13H2,(H,24,25). The van der Waals surface area contributed by atoms with Crippen LogP contribution in [-0.2, 0) is 9.53 Å². The van der Waals surface area contributed by atoms with Gasteiger partial charge in [-0.25, -0.2) is 4.79 Å². The second kappa shape index (κ2) is 8.63. The van der Waals surface area contributed by atoms with E-state index >= 15 is 0 Å². The predicted octanol–water partition coefficient (Wildman–Crippen LogP) is 3.95. The minimum absolute atomic E-state index is 0.256. The number of ether oxygens (including phenoxy) is 1. The molecule has 0 aliphatic rings. The molecule has 0 fully saturated rings. The third-order valence-electron chi connectivity index (χ3n) is 3.86. The summed E-state index contributed by atoms with van der Waals surface area (Å²) in [6, 6.07) is 19.3. The van der Waals surface area contributed by atoms with E-state index in [1.807, 2.05) is 6.07 Å². The lowest BCUT2D eigenvalue weighted by Gasteiger charge is -2.11. The van der Waals surface area contributed by atoms with Crippen LogP contribution in [0.2, 0.25) is 0 Å². The molecule has 0 spiro atoms. The summed E-state index contributed by atoms with van der Waals surface area (Å²) in [5.74, 6) is -1.22. The summed E-state index contributed by atoms with van der Waals surface area (Å²) in [4.78, 5) is 24.6. The molecule has 1 amide bonds. The van der Waals surface area contributed by atoms with Crippen molar-refractivity contribution in [1.82, 2.24) is 0 Å². The number of nitrogens with one attached hydrogen (secondary N) is 1. The normalized spacial score (nSPS) is 9.79. The molecule has 28 heavy (non-hydrogen) atoms. The van der Waals surface area contributed by atoms with E-state index in [1.165, 1.54) is 11.3 Å². The molecular formula is C21H13N3O3S. The number of nitrogens with zero attached hydrogens (tertiary/aromatic N) is 2. The van der Waals surface area contributed by atoms with Crippen LogP contribution in [-0.4, -0.2) is 18.5 Å². The van der Waals surface area contributed by atoms with Crippen LogP contribution >= 0.6 is 11.3 Å². The van der Waals surface area contributed by atoms with E-state index in [0.717, 1.165) is 0 Å². The smallest absolute Gasteiger partial charge is 0.339 e. The zero-order valence-corrected chi connectivity index (χ0v) is 15.3. The van der Waals surface area contributed by atoms with Crippen LogP contribution in [0.3, 0.4) is 0 Å². The first kappa shape index (κ1) is 18.8. The molecule has 1 aromatic heterocycles. The van der Waals surface area contributed by atoms with Gasteiger partial charge in [-0.15, -0.1) is 11.3 Å². The maximum absolute atomic E-state index is 12.5. The highest BCUT2D eigenvalue weighted by Crippen LogP contribution is 2.27. The average Bonchev–Trinajstić information content (AvgIpc) is 3.19. The van der Waals surface area contributed by atoms with E-state index < -0.39 is 18.5 Å². The summed E-state index contributed by atoms with van der Waals surface area (Å²) in [7, 11) is 0. The van der Waals surface area contributed by atoms with Crippen LogP contribution < -0.4 is 5.32 Å². The molecule has 0 saturated carbocycles. The van der Waals surface area contributed by atoms with Crippen molar-refractivity contribution in [2.75, 3.05) is 11.9 Å². The topological polar surface area (TPSA) is 103 Å². The van der Waals surface area contributed by atoms with Crippen molar-refractivity contribution in [2.24, 2.45) is 0 Å². The number of thiophene rings is 1. The van der Waals surface area contributed by atoms with E-state index in [4.69, 9.17) is 10.00 Å². The largest absolute Gasteiger partial charge is 0.452 e. The number of anilines is 1. The zero-order chi connectivity index (χ0) is 19.9. The lowest BCUT2D eigenvalue weighted by atomic mass is 9.96. The van der Waals surface area contributed by atoms with Crippen LogP contribution in [0, 0.1) is 22.7 Å². The maximum Gasteiger partial charge on any atom is 0.339 e. The number of hydrogen-bond donors (Lipinski definition) is 1. The van der Waals surface area contributed by atoms with Gasteiger partial charge in [0.15, 0.2) is 6.61 Å². The second-order valence-electron chi connectivity index (χ2n) is 5.60. The molecule has 1 heterocycles.